The van der Waals surface area contributed by atoms with Gasteiger partial charge in [0.15, 0.2) is 0 Å². The predicted octanol–water partition coefficient (Wildman–Crippen LogP) is 1.69. The first-order valence-electron chi connectivity index (χ1n) is 6.54. The zero-order valence-corrected chi connectivity index (χ0v) is 10.5. The van der Waals surface area contributed by atoms with E-state index in [0.717, 1.165) is 25.7 Å². The Kier molecular flexibility index (Phi) is 6.20. The van der Waals surface area contributed by atoms with E-state index in [1.165, 1.54) is 0 Å². The number of amides is 1. The molecule has 0 heterocycles. The minimum absolute atomic E-state index is 0.140. The first kappa shape index (κ1) is 14.5. The zero-order chi connectivity index (χ0) is 13.4. The molecule has 0 aliphatic heterocycles. The van der Waals surface area contributed by atoms with E-state index < -0.39 is 11.9 Å². The van der Waals surface area contributed by atoms with Crippen LogP contribution in [0.5, 0.6) is 0 Å². The highest BCUT2D eigenvalue weighted by Gasteiger charge is 2.35. The maximum absolute atomic E-state index is 11.9. The smallest absolute Gasteiger partial charge is 0.307 e. The third-order valence-corrected chi connectivity index (χ3v) is 3.43. The van der Waals surface area contributed by atoms with Crippen molar-refractivity contribution < 1.29 is 14.7 Å². The number of nitrogens with zero attached hydrogens (tertiary/aromatic N) is 1. The van der Waals surface area contributed by atoms with Crippen molar-refractivity contribution in [2.45, 2.75) is 44.9 Å². The van der Waals surface area contributed by atoms with Crippen molar-refractivity contribution in [3.05, 3.63) is 0 Å². The fourth-order valence-electron chi connectivity index (χ4n) is 2.41. The third kappa shape index (κ3) is 4.36. The van der Waals surface area contributed by atoms with Gasteiger partial charge < -0.3 is 10.4 Å². The maximum Gasteiger partial charge on any atom is 0.307 e. The van der Waals surface area contributed by atoms with Gasteiger partial charge in [-0.05, 0) is 25.7 Å². The number of hydrogen-bond acceptors (Lipinski definition) is 3. The number of unbranched alkanes of at least 4 members (excludes halogenated alkanes) is 2. The minimum Gasteiger partial charge on any atom is -0.481 e. The van der Waals surface area contributed by atoms with Crippen molar-refractivity contribution >= 4 is 11.9 Å². The van der Waals surface area contributed by atoms with Gasteiger partial charge in [-0.3, -0.25) is 9.59 Å². The second kappa shape index (κ2) is 7.70. The highest BCUT2D eigenvalue weighted by molar-refractivity contribution is 5.84. The van der Waals surface area contributed by atoms with Crippen molar-refractivity contribution in [2.24, 2.45) is 11.8 Å². The molecular weight excluding hydrogens is 232 g/mol. The highest BCUT2D eigenvalue weighted by Crippen LogP contribution is 2.30. The van der Waals surface area contributed by atoms with Crippen LogP contribution in [0.15, 0.2) is 0 Å². The van der Waals surface area contributed by atoms with Crippen LogP contribution in [0.4, 0.5) is 0 Å². The van der Waals surface area contributed by atoms with Crippen LogP contribution in [0.3, 0.4) is 0 Å². The quantitative estimate of drug-likeness (QED) is 0.704. The molecule has 0 aromatic carbocycles. The molecule has 1 amide bonds. The van der Waals surface area contributed by atoms with E-state index in [-0.39, 0.29) is 11.8 Å². The minimum atomic E-state index is -0.862. The molecule has 100 valence electrons. The predicted molar refractivity (Wildman–Crippen MR) is 65.6 cm³/mol. The molecule has 18 heavy (non-hydrogen) atoms. The van der Waals surface area contributed by atoms with Gasteiger partial charge in [-0.1, -0.05) is 12.8 Å². The number of carbonyl (C=O) groups excluding carboxylic acids is 1. The first-order valence-corrected chi connectivity index (χ1v) is 6.54. The molecule has 0 spiro atoms. The van der Waals surface area contributed by atoms with Crippen LogP contribution in [0.1, 0.15) is 44.9 Å². The van der Waals surface area contributed by atoms with Gasteiger partial charge in [0, 0.05) is 13.0 Å². The first-order chi connectivity index (χ1) is 8.66. The Labute approximate surface area is 107 Å². The summed E-state index contributed by atoms with van der Waals surface area (Å²) in [5.74, 6) is -1.91. The zero-order valence-electron chi connectivity index (χ0n) is 10.5. The van der Waals surface area contributed by atoms with Gasteiger partial charge in [0.1, 0.15) is 0 Å². The third-order valence-electron chi connectivity index (χ3n) is 3.43. The molecule has 1 aliphatic rings. The number of nitrogens with one attached hydrogen (secondary N) is 1. The number of nitriles is 1. The van der Waals surface area contributed by atoms with Crippen molar-refractivity contribution in [3.8, 4) is 6.07 Å². The maximum atomic E-state index is 11.9. The molecule has 0 bridgehead atoms. The summed E-state index contributed by atoms with van der Waals surface area (Å²) < 4.78 is 0. The summed E-state index contributed by atoms with van der Waals surface area (Å²) >= 11 is 0. The van der Waals surface area contributed by atoms with E-state index in [4.69, 9.17) is 10.4 Å². The van der Waals surface area contributed by atoms with Gasteiger partial charge in [-0.25, -0.2) is 0 Å². The molecule has 5 heteroatoms. The lowest BCUT2D eigenvalue weighted by molar-refractivity contribution is -0.148. The molecule has 1 rings (SSSR count). The normalized spacial score (nSPS) is 23.1. The lowest BCUT2D eigenvalue weighted by Crippen LogP contribution is -2.40. The molecule has 1 saturated carbocycles. The average molecular weight is 252 g/mol. The van der Waals surface area contributed by atoms with Gasteiger partial charge in [0.05, 0.1) is 17.9 Å². The highest BCUT2D eigenvalue weighted by atomic mass is 16.4. The molecule has 0 saturated heterocycles. The topological polar surface area (TPSA) is 90.2 Å². The van der Waals surface area contributed by atoms with E-state index in [0.29, 0.717) is 25.8 Å². The molecule has 0 radical (unpaired) electrons. The number of hydrogen-bond donors (Lipinski definition) is 2. The largest absolute Gasteiger partial charge is 0.481 e. The number of carbonyl (C=O) groups is 2. The standard InChI is InChI=1S/C13H20N2O3/c14-8-4-1-5-9-15-12(16)10-6-2-3-7-11(10)13(17)18/h10-11H,1-7,9H2,(H,15,16)(H,17,18). The molecule has 0 aromatic heterocycles. The summed E-state index contributed by atoms with van der Waals surface area (Å²) in [5, 5.41) is 20.2. The van der Waals surface area contributed by atoms with Crippen LogP contribution in [0, 0.1) is 23.2 Å². The Balaban J connectivity index is 2.34. The Morgan fingerprint density at radius 1 is 1.22 bits per heavy atom. The molecule has 2 atom stereocenters. The van der Waals surface area contributed by atoms with Crippen LogP contribution in [-0.2, 0) is 9.59 Å². The van der Waals surface area contributed by atoms with E-state index in [9.17, 15) is 9.59 Å². The van der Waals surface area contributed by atoms with Crippen LogP contribution >= 0.6 is 0 Å². The summed E-state index contributed by atoms with van der Waals surface area (Å²) in [6.45, 7) is 0.531. The fourth-order valence-corrected chi connectivity index (χ4v) is 2.41. The monoisotopic (exact) mass is 252 g/mol. The Morgan fingerprint density at radius 2 is 1.89 bits per heavy atom. The summed E-state index contributed by atoms with van der Waals surface area (Å²) in [5.41, 5.74) is 0. The average Bonchev–Trinajstić information content (AvgIpc) is 2.38. The Bertz CT molecular complexity index is 336. The van der Waals surface area contributed by atoms with Crippen LogP contribution in [0.2, 0.25) is 0 Å². The molecule has 1 fully saturated rings. The molecule has 1 aliphatic carbocycles. The Hall–Kier alpha value is -1.57. The molecule has 2 unspecified atom stereocenters. The van der Waals surface area contributed by atoms with Crippen molar-refractivity contribution in [1.82, 2.24) is 5.32 Å². The SMILES string of the molecule is N#CCCCCNC(=O)C1CCCCC1C(=O)O. The van der Waals surface area contributed by atoms with Gasteiger partial charge in [0.2, 0.25) is 5.91 Å². The lowest BCUT2D eigenvalue weighted by Gasteiger charge is -2.27. The summed E-state index contributed by atoms with van der Waals surface area (Å²) in [4.78, 5) is 23.0. The van der Waals surface area contributed by atoms with E-state index >= 15 is 0 Å². The second-order valence-electron chi connectivity index (χ2n) is 4.74. The summed E-state index contributed by atoms with van der Waals surface area (Å²) in [6.07, 6.45) is 5.12. The van der Waals surface area contributed by atoms with Crippen molar-refractivity contribution in [1.29, 1.82) is 5.26 Å². The van der Waals surface area contributed by atoms with Gasteiger partial charge >= 0.3 is 5.97 Å². The summed E-state index contributed by atoms with van der Waals surface area (Å²) in [7, 11) is 0. The lowest BCUT2D eigenvalue weighted by atomic mass is 9.78. The van der Waals surface area contributed by atoms with Crippen molar-refractivity contribution in [3.63, 3.8) is 0 Å². The fraction of sp³-hybridized carbons (Fsp3) is 0.769. The number of carboxylic acid groups (broad SMARTS) is 1. The van der Waals surface area contributed by atoms with E-state index in [2.05, 4.69) is 11.4 Å². The van der Waals surface area contributed by atoms with Gasteiger partial charge in [-0.15, -0.1) is 0 Å². The molecule has 2 N–H and O–H groups in total. The second-order valence-corrected chi connectivity index (χ2v) is 4.74. The van der Waals surface area contributed by atoms with Crippen LogP contribution in [-0.4, -0.2) is 23.5 Å². The van der Waals surface area contributed by atoms with Gasteiger partial charge in [-0.2, -0.15) is 5.26 Å². The van der Waals surface area contributed by atoms with Gasteiger partial charge in [0.25, 0.3) is 0 Å². The number of rotatable bonds is 6. The van der Waals surface area contributed by atoms with Crippen molar-refractivity contribution in [2.75, 3.05) is 6.54 Å². The van der Waals surface area contributed by atoms with E-state index in [1.54, 1.807) is 0 Å². The number of carboxylic acids is 1. The van der Waals surface area contributed by atoms with E-state index in [1.807, 2.05) is 0 Å². The molecular formula is C13H20N2O3. The van der Waals surface area contributed by atoms with Crippen LogP contribution < -0.4 is 5.32 Å². The molecule has 0 aromatic rings. The van der Waals surface area contributed by atoms with Crippen LogP contribution in [0.25, 0.3) is 0 Å². The molecule has 5 nitrogen and oxygen atoms in total. The summed E-state index contributed by atoms with van der Waals surface area (Å²) in [6, 6.07) is 2.05. The Morgan fingerprint density at radius 3 is 2.50 bits per heavy atom. The number of aliphatic carboxylic acids is 1.